The van der Waals surface area contributed by atoms with Crippen molar-refractivity contribution in [3.8, 4) is 16.9 Å². The molecule has 10 heteroatoms. The van der Waals surface area contributed by atoms with Crippen LogP contribution in [0, 0.1) is 13.8 Å². The number of imidazole rings is 1. The highest BCUT2D eigenvalue weighted by Crippen LogP contribution is 2.39. The van der Waals surface area contributed by atoms with Gasteiger partial charge in [0.15, 0.2) is 0 Å². The van der Waals surface area contributed by atoms with Crippen molar-refractivity contribution in [2.24, 2.45) is 0 Å². The van der Waals surface area contributed by atoms with Crippen molar-refractivity contribution in [2.45, 2.75) is 73.1 Å². The molecule has 1 unspecified atom stereocenters. The minimum Gasteiger partial charge on any atom is -0.496 e. The highest BCUT2D eigenvalue weighted by atomic mass is 19.3. The first kappa shape index (κ1) is 27.9. The van der Waals surface area contributed by atoms with Gasteiger partial charge in [-0.1, -0.05) is 25.4 Å². The molecule has 8 nitrogen and oxygen atoms in total. The number of likely N-dealkylation sites (tertiary alicyclic amines) is 1. The first-order valence-corrected chi connectivity index (χ1v) is 13.3. The summed E-state index contributed by atoms with van der Waals surface area (Å²) in [4.78, 5) is 12.0. The maximum absolute atomic E-state index is 12.9. The van der Waals surface area contributed by atoms with Gasteiger partial charge in [-0.15, -0.1) is 0 Å². The Morgan fingerprint density at radius 1 is 1.08 bits per heavy atom. The van der Waals surface area contributed by atoms with Crippen LogP contribution in [0.25, 0.3) is 33.1 Å². The summed E-state index contributed by atoms with van der Waals surface area (Å²) in [7, 11) is 1.62. The molecule has 5 rings (SSSR count). The molecule has 4 heterocycles. The average Bonchev–Trinajstić information content (AvgIpc) is 3.46. The van der Waals surface area contributed by atoms with E-state index in [9.17, 15) is 8.78 Å². The van der Waals surface area contributed by atoms with E-state index in [4.69, 9.17) is 24.0 Å². The number of methoxy groups -OCH3 is 1. The Balaban J connectivity index is 0.00000164. The maximum atomic E-state index is 12.9. The number of ether oxygens (including phenoxy) is 2. The van der Waals surface area contributed by atoms with Gasteiger partial charge in [-0.25, -0.2) is 4.98 Å². The van der Waals surface area contributed by atoms with Gasteiger partial charge in [0.25, 0.3) is 0 Å². The third kappa shape index (κ3) is 5.51. The summed E-state index contributed by atoms with van der Waals surface area (Å²) in [5.41, 5.74) is 4.76. The van der Waals surface area contributed by atoms with E-state index < -0.39 is 6.61 Å². The summed E-state index contributed by atoms with van der Waals surface area (Å²) in [5.74, 6) is 2.16. The fourth-order valence-electron chi connectivity index (χ4n) is 5.27. The molecule has 4 aromatic rings. The fourth-order valence-corrected chi connectivity index (χ4v) is 5.27. The van der Waals surface area contributed by atoms with Crippen LogP contribution in [0.15, 0.2) is 22.9 Å². The Hall–Kier alpha value is -3.11. The normalized spacial score (nSPS) is 15.2. The first-order valence-electron chi connectivity index (χ1n) is 13.3. The van der Waals surface area contributed by atoms with Crippen LogP contribution in [0.4, 0.5) is 8.78 Å². The molecule has 38 heavy (non-hydrogen) atoms. The zero-order valence-corrected chi connectivity index (χ0v) is 23.1. The number of nitrogens with zero attached hydrogens (tertiary/aromatic N) is 5. The van der Waals surface area contributed by atoms with Crippen molar-refractivity contribution >= 4 is 21.9 Å². The van der Waals surface area contributed by atoms with Crippen LogP contribution >= 0.6 is 0 Å². The number of hydrogen-bond donors (Lipinski definition) is 0. The lowest BCUT2D eigenvalue weighted by Gasteiger charge is -2.27. The molecule has 3 aromatic heterocycles. The molecule has 0 radical (unpaired) electrons. The minimum atomic E-state index is -2.83. The minimum absolute atomic E-state index is 0.131. The number of alkyl halides is 2. The molecule has 1 fully saturated rings. The van der Waals surface area contributed by atoms with E-state index in [-0.39, 0.29) is 12.6 Å². The SMILES string of the molecule is CC.COc1cc2c(cc1-c1c(C)noc1C)ncc1nc(CN3CCCCC3)n(C(C)COC(F)F)c12. The molecule has 206 valence electrons. The second kappa shape index (κ2) is 12.2. The predicted octanol–water partition coefficient (Wildman–Crippen LogP) is 6.68. The van der Waals surface area contributed by atoms with Crippen LogP contribution in [-0.2, 0) is 11.3 Å². The monoisotopic (exact) mass is 529 g/mol. The smallest absolute Gasteiger partial charge is 0.345 e. The second-order valence-electron chi connectivity index (χ2n) is 9.44. The number of hydrogen-bond acceptors (Lipinski definition) is 7. The number of fused-ring (bicyclic) bond motifs is 3. The van der Waals surface area contributed by atoms with Gasteiger partial charge in [-0.2, -0.15) is 8.78 Å². The number of pyridine rings is 1. The summed E-state index contributed by atoms with van der Waals surface area (Å²) >= 11 is 0. The number of rotatable bonds is 8. The van der Waals surface area contributed by atoms with E-state index in [1.54, 1.807) is 13.3 Å². The highest BCUT2D eigenvalue weighted by Gasteiger charge is 2.24. The topological polar surface area (TPSA) is 78.4 Å². The summed E-state index contributed by atoms with van der Waals surface area (Å²) in [5, 5.41) is 4.92. The van der Waals surface area contributed by atoms with E-state index in [0.717, 1.165) is 65.0 Å². The molecular weight excluding hydrogens is 492 g/mol. The largest absolute Gasteiger partial charge is 0.496 e. The maximum Gasteiger partial charge on any atom is 0.345 e. The summed E-state index contributed by atoms with van der Waals surface area (Å²) in [6.07, 6.45) is 5.28. The van der Waals surface area contributed by atoms with Gasteiger partial charge in [-0.05, 0) is 58.8 Å². The average molecular weight is 530 g/mol. The van der Waals surface area contributed by atoms with Crippen molar-refractivity contribution < 1.29 is 22.8 Å². The molecular formula is C28H37F2N5O3. The van der Waals surface area contributed by atoms with Crippen LogP contribution in [0.5, 0.6) is 5.75 Å². The number of benzene rings is 1. The predicted molar refractivity (Wildman–Crippen MR) is 144 cm³/mol. The van der Waals surface area contributed by atoms with Crippen molar-refractivity contribution in [3.63, 3.8) is 0 Å². The van der Waals surface area contributed by atoms with Crippen LogP contribution in [0.3, 0.4) is 0 Å². The van der Waals surface area contributed by atoms with Gasteiger partial charge in [0, 0.05) is 10.9 Å². The zero-order chi connectivity index (χ0) is 27.4. The summed E-state index contributed by atoms with van der Waals surface area (Å²) in [6, 6.07) is 3.54. The van der Waals surface area contributed by atoms with Crippen LogP contribution in [0.2, 0.25) is 0 Å². The summed E-state index contributed by atoms with van der Waals surface area (Å²) < 4.78 is 43.8. The number of halogens is 2. The fraction of sp³-hybridized carbons (Fsp3) is 0.536. The molecule has 0 N–H and O–H groups in total. The van der Waals surface area contributed by atoms with Crippen molar-refractivity contribution in [2.75, 3.05) is 26.8 Å². The van der Waals surface area contributed by atoms with Gasteiger partial charge in [0.1, 0.15) is 22.9 Å². The van der Waals surface area contributed by atoms with Crippen LogP contribution in [-0.4, -0.2) is 58.0 Å². The molecule has 0 saturated carbocycles. The third-order valence-corrected chi connectivity index (χ3v) is 6.93. The van der Waals surface area contributed by atoms with Gasteiger partial charge in [-0.3, -0.25) is 9.88 Å². The quantitative estimate of drug-likeness (QED) is 0.252. The molecule has 0 amide bonds. The first-order chi connectivity index (χ1) is 18.4. The van der Waals surface area contributed by atoms with Gasteiger partial charge in [0.2, 0.25) is 0 Å². The van der Waals surface area contributed by atoms with E-state index >= 15 is 0 Å². The Kier molecular flexibility index (Phi) is 8.94. The van der Waals surface area contributed by atoms with Crippen LogP contribution < -0.4 is 4.74 Å². The van der Waals surface area contributed by atoms with E-state index in [1.165, 1.54) is 6.42 Å². The Morgan fingerprint density at radius 2 is 1.82 bits per heavy atom. The Bertz CT molecular complexity index is 1360. The lowest BCUT2D eigenvalue weighted by molar-refractivity contribution is -0.135. The molecule has 0 bridgehead atoms. The van der Waals surface area contributed by atoms with Crippen LogP contribution in [0.1, 0.15) is 63.4 Å². The second-order valence-corrected chi connectivity index (χ2v) is 9.44. The number of aromatic nitrogens is 4. The molecule has 0 aliphatic carbocycles. The van der Waals surface area contributed by atoms with E-state index in [1.807, 2.05) is 51.3 Å². The van der Waals surface area contributed by atoms with E-state index in [2.05, 4.69) is 10.1 Å². The lowest BCUT2D eigenvalue weighted by atomic mass is 10.0. The van der Waals surface area contributed by atoms with Gasteiger partial charge in [0.05, 0.1) is 54.8 Å². The molecule has 1 aliphatic heterocycles. The van der Waals surface area contributed by atoms with Gasteiger partial charge < -0.3 is 18.6 Å². The Labute approximate surface area is 221 Å². The summed E-state index contributed by atoms with van der Waals surface area (Å²) in [6.45, 7) is 9.31. The zero-order valence-electron chi connectivity index (χ0n) is 23.1. The van der Waals surface area contributed by atoms with E-state index in [0.29, 0.717) is 23.6 Å². The Morgan fingerprint density at radius 3 is 2.45 bits per heavy atom. The standard InChI is InChI=1S/C26H31F2N5O3.C2H6/c1-15(14-35-26(27)28)33-23(13-32-8-6-5-7-9-32)30-21-12-29-20-10-19(24-16(2)31-36-17(24)3)22(34-4)11-18(20)25(21)33;1-2/h10-12,15,26H,5-9,13-14H2,1-4H3;1-2H3. The van der Waals surface area contributed by atoms with Crippen molar-refractivity contribution in [3.05, 3.63) is 35.6 Å². The molecule has 1 aromatic carbocycles. The molecule has 1 saturated heterocycles. The lowest BCUT2D eigenvalue weighted by Crippen LogP contribution is -2.31. The molecule has 1 aliphatic rings. The van der Waals surface area contributed by atoms with Crippen molar-refractivity contribution in [1.29, 1.82) is 0 Å². The number of piperidine rings is 1. The molecule has 1 atom stereocenters. The third-order valence-electron chi connectivity index (χ3n) is 6.93. The van der Waals surface area contributed by atoms with Crippen molar-refractivity contribution in [1.82, 2.24) is 24.6 Å². The number of aryl methyl sites for hydroxylation is 2. The molecule has 0 spiro atoms. The van der Waals surface area contributed by atoms with Gasteiger partial charge >= 0.3 is 6.61 Å². The highest BCUT2D eigenvalue weighted by molar-refractivity contribution is 6.05.